The number of hydrogen-bond acceptors (Lipinski definition) is 4. The topological polar surface area (TPSA) is 68.0 Å². The lowest BCUT2D eigenvalue weighted by Gasteiger charge is -2.13. The maximum absolute atomic E-state index is 11.8. The fraction of sp³-hybridized carbons (Fsp3) is 0.667. The van der Waals surface area contributed by atoms with Gasteiger partial charge < -0.3 is 11.1 Å². The Labute approximate surface area is 118 Å². The van der Waals surface area contributed by atoms with Crippen molar-refractivity contribution >= 4 is 34.8 Å². The number of aryl methyl sites for hydroxylation is 2. The Morgan fingerprint density at radius 2 is 2.06 bits per heavy atom. The highest BCUT2D eigenvalue weighted by molar-refractivity contribution is 7.15. The van der Waals surface area contributed by atoms with Gasteiger partial charge in [0.1, 0.15) is 0 Å². The van der Waals surface area contributed by atoms with E-state index in [9.17, 15) is 4.79 Å². The number of anilines is 1. The van der Waals surface area contributed by atoms with E-state index >= 15 is 0 Å². The smallest absolute Gasteiger partial charge is 0.243 e. The second kappa shape index (κ2) is 6.50. The summed E-state index contributed by atoms with van der Waals surface area (Å²) in [5.41, 5.74) is 6.96. The van der Waals surface area contributed by atoms with Gasteiger partial charge >= 0.3 is 0 Å². The molecular formula is C12H20ClN3OS. The normalized spacial score (nSPS) is 15.8. The van der Waals surface area contributed by atoms with Crippen LogP contribution in [0.2, 0.25) is 0 Å². The molecule has 0 spiro atoms. The molecule has 0 unspecified atom stereocenters. The van der Waals surface area contributed by atoms with E-state index in [1.807, 2.05) is 13.8 Å². The number of carbonyl (C=O) groups is 1. The maximum atomic E-state index is 11.8. The summed E-state index contributed by atoms with van der Waals surface area (Å²) < 4.78 is 0. The molecule has 0 fully saturated rings. The van der Waals surface area contributed by atoms with Crippen LogP contribution in [0.5, 0.6) is 0 Å². The molecule has 1 aliphatic carbocycles. The van der Waals surface area contributed by atoms with Crippen molar-refractivity contribution in [3.05, 3.63) is 10.6 Å². The van der Waals surface area contributed by atoms with Gasteiger partial charge in [0.2, 0.25) is 5.91 Å². The zero-order valence-corrected chi connectivity index (χ0v) is 12.4. The number of halogens is 1. The molecule has 0 aliphatic heterocycles. The molecule has 1 aromatic heterocycles. The zero-order valence-electron chi connectivity index (χ0n) is 10.7. The van der Waals surface area contributed by atoms with Crippen LogP contribution in [0, 0.1) is 5.92 Å². The Kier molecular flexibility index (Phi) is 5.56. The third-order valence-corrected chi connectivity index (χ3v) is 4.17. The van der Waals surface area contributed by atoms with Crippen LogP contribution >= 0.6 is 23.7 Å². The molecular weight excluding hydrogens is 270 g/mol. The van der Waals surface area contributed by atoms with E-state index in [0.29, 0.717) is 5.13 Å². The van der Waals surface area contributed by atoms with Crippen LogP contribution in [-0.2, 0) is 17.6 Å². The quantitative estimate of drug-likeness (QED) is 0.897. The summed E-state index contributed by atoms with van der Waals surface area (Å²) in [6.45, 7) is 3.88. The molecule has 1 atom stereocenters. The molecule has 0 saturated heterocycles. The monoisotopic (exact) mass is 289 g/mol. The highest BCUT2D eigenvalue weighted by Gasteiger charge is 2.20. The molecule has 1 heterocycles. The van der Waals surface area contributed by atoms with Crippen LogP contribution in [0.25, 0.3) is 0 Å². The van der Waals surface area contributed by atoms with Gasteiger partial charge in [0, 0.05) is 4.88 Å². The molecule has 0 saturated carbocycles. The number of fused-ring (bicyclic) bond motifs is 1. The number of hydrogen-bond donors (Lipinski definition) is 2. The minimum absolute atomic E-state index is 0. The van der Waals surface area contributed by atoms with Gasteiger partial charge in [0.25, 0.3) is 0 Å². The predicted octanol–water partition coefficient (Wildman–Crippen LogP) is 2.37. The van der Waals surface area contributed by atoms with Crippen molar-refractivity contribution in [3.63, 3.8) is 0 Å². The molecule has 4 nitrogen and oxygen atoms in total. The number of amides is 1. The lowest BCUT2D eigenvalue weighted by Crippen LogP contribution is -2.39. The summed E-state index contributed by atoms with van der Waals surface area (Å²) in [7, 11) is 0. The lowest BCUT2D eigenvalue weighted by molar-refractivity contribution is -0.118. The number of nitrogens with two attached hydrogens (primary N) is 1. The van der Waals surface area contributed by atoms with Crippen LogP contribution in [0.4, 0.5) is 5.13 Å². The summed E-state index contributed by atoms with van der Waals surface area (Å²) in [4.78, 5) is 17.6. The van der Waals surface area contributed by atoms with Crippen LogP contribution in [0.3, 0.4) is 0 Å². The minimum Gasteiger partial charge on any atom is -0.320 e. The van der Waals surface area contributed by atoms with Crippen molar-refractivity contribution in [1.82, 2.24) is 4.98 Å². The molecule has 1 amide bonds. The number of carbonyl (C=O) groups excluding carboxylic acids is 1. The van der Waals surface area contributed by atoms with Gasteiger partial charge in [-0.25, -0.2) is 4.98 Å². The van der Waals surface area contributed by atoms with E-state index in [1.54, 1.807) is 11.3 Å². The van der Waals surface area contributed by atoms with Crippen molar-refractivity contribution in [1.29, 1.82) is 0 Å². The van der Waals surface area contributed by atoms with Gasteiger partial charge in [-0.2, -0.15) is 0 Å². The highest BCUT2D eigenvalue weighted by Crippen LogP contribution is 2.29. The Morgan fingerprint density at radius 3 is 2.67 bits per heavy atom. The molecule has 0 aromatic carbocycles. The number of aromatic nitrogens is 1. The Bertz CT molecular complexity index is 396. The third-order valence-electron chi connectivity index (χ3n) is 3.10. The summed E-state index contributed by atoms with van der Waals surface area (Å²) in [5, 5.41) is 3.53. The first-order valence-electron chi connectivity index (χ1n) is 6.13. The molecule has 102 valence electrons. The second-order valence-corrected chi connectivity index (χ2v) is 5.94. The summed E-state index contributed by atoms with van der Waals surface area (Å²) in [6, 6.07) is -0.462. The molecule has 1 aromatic rings. The first-order valence-corrected chi connectivity index (χ1v) is 6.94. The zero-order chi connectivity index (χ0) is 12.4. The number of thiazole rings is 1. The first kappa shape index (κ1) is 15.4. The molecule has 0 bridgehead atoms. The largest absolute Gasteiger partial charge is 0.320 e. The Balaban J connectivity index is 0.00000162. The van der Waals surface area contributed by atoms with Crippen molar-refractivity contribution < 1.29 is 4.79 Å². The number of nitrogens with zero attached hydrogens (tertiary/aromatic N) is 1. The molecule has 3 N–H and O–H groups in total. The molecule has 18 heavy (non-hydrogen) atoms. The fourth-order valence-electron chi connectivity index (χ4n) is 1.90. The van der Waals surface area contributed by atoms with E-state index < -0.39 is 6.04 Å². The summed E-state index contributed by atoms with van der Waals surface area (Å²) in [6.07, 6.45) is 4.57. The van der Waals surface area contributed by atoms with E-state index in [1.165, 1.54) is 17.7 Å². The Hall–Kier alpha value is -0.650. The van der Waals surface area contributed by atoms with Crippen LogP contribution in [-0.4, -0.2) is 16.9 Å². The number of nitrogens with one attached hydrogen (secondary N) is 1. The predicted molar refractivity (Wildman–Crippen MR) is 77.4 cm³/mol. The van der Waals surface area contributed by atoms with E-state index in [4.69, 9.17) is 5.73 Å². The third kappa shape index (κ3) is 3.43. The van der Waals surface area contributed by atoms with Gasteiger partial charge in [-0.1, -0.05) is 13.8 Å². The van der Waals surface area contributed by atoms with Crippen molar-refractivity contribution in [2.45, 2.75) is 45.6 Å². The molecule has 1 aliphatic rings. The highest BCUT2D eigenvalue weighted by atomic mass is 35.5. The molecule has 2 rings (SSSR count). The van der Waals surface area contributed by atoms with Gasteiger partial charge in [0.05, 0.1) is 11.7 Å². The average molecular weight is 290 g/mol. The molecule has 6 heteroatoms. The average Bonchev–Trinajstić information content (AvgIpc) is 2.69. The van der Waals surface area contributed by atoms with E-state index in [0.717, 1.165) is 18.5 Å². The van der Waals surface area contributed by atoms with Crippen molar-refractivity contribution in [2.75, 3.05) is 5.32 Å². The first-order chi connectivity index (χ1) is 8.08. The van der Waals surface area contributed by atoms with Gasteiger partial charge in [0.15, 0.2) is 5.13 Å². The summed E-state index contributed by atoms with van der Waals surface area (Å²) >= 11 is 1.59. The van der Waals surface area contributed by atoms with Gasteiger partial charge in [-0.15, -0.1) is 23.7 Å². The van der Waals surface area contributed by atoms with E-state index in [2.05, 4.69) is 10.3 Å². The van der Waals surface area contributed by atoms with Crippen LogP contribution < -0.4 is 11.1 Å². The SMILES string of the molecule is CC(C)[C@@H](N)C(=O)Nc1nc2c(s1)CCCC2.Cl. The standard InChI is InChI=1S/C12H19N3OS.ClH/c1-7(2)10(13)11(16)15-12-14-8-5-3-4-6-9(8)17-12;/h7,10H,3-6,13H2,1-2H3,(H,14,15,16);1H/t10-;/m1./s1. The van der Waals surface area contributed by atoms with Crippen molar-refractivity contribution in [2.24, 2.45) is 11.7 Å². The lowest BCUT2D eigenvalue weighted by atomic mass is 10.0. The van der Waals surface area contributed by atoms with Gasteiger partial charge in [-0.3, -0.25) is 4.79 Å². The maximum Gasteiger partial charge on any atom is 0.243 e. The summed E-state index contributed by atoms with van der Waals surface area (Å²) in [5.74, 6) is 0.00989. The van der Waals surface area contributed by atoms with E-state index in [-0.39, 0.29) is 24.2 Å². The number of rotatable bonds is 3. The fourth-order valence-corrected chi connectivity index (χ4v) is 2.95. The Morgan fingerprint density at radius 1 is 1.39 bits per heavy atom. The van der Waals surface area contributed by atoms with Crippen molar-refractivity contribution in [3.8, 4) is 0 Å². The van der Waals surface area contributed by atoms with Crippen LogP contribution in [0.15, 0.2) is 0 Å². The molecule has 0 radical (unpaired) electrons. The van der Waals surface area contributed by atoms with Gasteiger partial charge in [-0.05, 0) is 31.6 Å². The van der Waals surface area contributed by atoms with Crippen LogP contribution in [0.1, 0.15) is 37.3 Å². The second-order valence-electron chi connectivity index (χ2n) is 4.86. The minimum atomic E-state index is -0.462.